The van der Waals surface area contributed by atoms with Crippen molar-refractivity contribution in [2.45, 2.75) is 10.8 Å². The van der Waals surface area contributed by atoms with Crippen molar-refractivity contribution in [3.05, 3.63) is 310 Å². The lowest BCUT2D eigenvalue weighted by Gasteiger charge is -2.35. The fraction of sp³-hybridized carbons (Fsp3) is 0.0286. The van der Waals surface area contributed by atoms with E-state index >= 15 is 0 Å². The van der Waals surface area contributed by atoms with Crippen LogP contribution in [-0.2, 0) is 10.8 Å². The summed E-state index contributed by atoms with van der Waals surface area (Å²) in [4.78, 5) is 0. The Labute approximate surface area is 428 Å². The number of hydrogen-bond donors (Lipinski definition) is 0. The molecule has 0 amide bonds. The Morgan fingerprint density at radius 3 is 1.04 bits per heavy atom. The first-order chi connectivity index (χ1) is 36.7. The maximum atomic E-state index is 12.2. The summed E-state index contributed by atoms with van der Waals surface area (Å²) in [5.41, 5.74) is 18.5. The van der Waals surface area contributed by atoms with E-state index in [-0.39, 0.29) is 0 Å². The van der Waals surface area contributed by atoms with Crippen LogP contribution in [0, 0.1) is 22.7 Å². The van der Waals surface area contributed by atoms with Crippen LogP contribution in [0.15, 0.2) is 255 Å². The molecule has 2 heterocycles. The number of fused-ring (bicyclic) bond motifs is 14. The predicted octanol–water partition coefficient (Wildman–Crippen LogP) is 16.4. The van der Waals surface area contributed by atoms with Gasteiger partial charge in [0.2, 0.25) is 0 Å². The van der Waals surface area contributed by atoms with Crippen LogP contribution in [-0.4, -0.2) is 9.13 Å². The van der Waals surface area contributed by atoms with Crippen molar-refractivity contribution in [3.8, 4) is 45.8 Å². The van der Waals surface area contributed by atoms with Gasteiger partial charge in [-0.15, -0.1) is 0 Å². The predicted molar refractivity (Wildman–Crippen MR) is 299 cm³/mol. The van der Waals surface area contributed by atoms with E-state index in [0.717, 1.165) is 88.1 Å². The highest BCUT2D eigenvalue weighted by Gasteiger charge is 2.50. The molecule has 2 aliphatic carbocycles. The average molecular weight is 939 g/mol. The summed E-state index contributed by atoms with van der Waals surface area (Å²) in [6, 6.07) is 96.6. The van der Waals surface area contributed by atoms with Crippen molar-refractivity contribution in [2.24, 2.45) is 0 Å². The molecule has 4 heteroatoms. The topological polar surface area (TPSA) is 57.4 Å². The molecule has 15 rings (SSSR count). The molecule has 11 aromatic carbocycles. The molecule has 0 aliphatic heterocycles. The monoisotopic (exact) mass is 938 g/mol. The Hall–Kier alpha value is -10.0. The zero-order chi connectivity index (χ0) is 49.1. The molecule has 0 bridgehead atoms. The summed E-state index contributed by atoms with van der Waals surface area (Å²) in [5.74, 6) is 0. The first kappa shape index (κ1) is 41.8. The standard InChI is InChI=1S/C70H42N4/c71-43-45-41-63(73-61-35-19-15-31-52(61)56-39-37-54-50-29-13-17-33-59(50)69(65(54)67(56)73,46-21-5-1-6-22-46)47-23-7-2-8-24-47)58(44-72)64(42-45)74-62-36-20-16-32-53(62)57-40-38-55-51-30-14-18-34-60(51)70(66(55)68(57)74,48-25-9-3-10-26-48)49-27-11-4-12-28-49/h1-42H. The van der Waals surface area contributed by atoms with E-state index in [2.05, 4.69) is 264 Å². The highest BCUT2D eigenvalue weighted by Crippen LogP contribution is 2.61. The van der Waals surface area contributed by atoms with Gasteiger partial charge in [0.1, 0.15) is 11.6 Å². The number of hydrogen-bond acceptors (Lipinski definition) is 2. The number of para-hydroxylation sites is 2. The molecule has 2 aromatic heterocycles. The molecule has 0 atom stereocenters. The summed E-state index contributed by atoms with van der Waals surface area (Å²) >= 11 is 0. The normalized spacial score (nSPS) is 13.6. The van der Waals surface area contributed by atoms with Gasteiger partial charge in [0.25, 0.3) is 0 Å². The van der Waals surface area contributed by atoms with Crippen molar-refractivity contribution in [1.82, 2.24) is 9.13 Å². The average Bonchev–Trinajstić information content (AvgIpc) is 4.22. The number of aromatic nitrogens is 2. The van der Waals surface area contributed by atoms with Gasteiger partial charge in [0.05, 0.1) is 55.9 Å². The van der Waals surface area contributed by atoms with Gasteiger partial charge >= 0.3 is 0 Å². The summed E-state index contributed by atoms with van der Waals surface area (Å²) < 4.78 is 4.62. The van der Waals surface area contributed by atoms with E-state index in [9.17, 15) is 10.5 Å². The van der Waals surface area contributed by atoms with Crippen LogP contribution in [0.25, 0.3) is 77.2 Å². The van der Waals surface area contributed by atoms with Crippen molar-refractivity contribution < 1.29 is 0 Å². The zero-order valence-electron chi connectivity index (χ0n) is 40.0. The first-order valence-electron chi connectivity index (χ1n) is 25.2. The van der Waals surface area contributed by atoms with Crippen LogP contribution in [0.1, 0.15) is 55.6 Å². The van der Waals surface area contributed by atoms with Crippen LogP contribution >= 0.6 is 0 Å². The third kappa shape index (κ3) is 5.33. The molecule has 4 nitrogen and oxygen atoms in total. The molecule has 2 aliphatic rings. The largest absolute Gasteiger partial charge is 0.307 e. The zero-order valence-corrected chi connectivity index (χ0v) is 40.0. The fourth-order valence-corrected chi connectivity index (χ4v) is 13.6. The number of nitriles is 2. The molecular weight excluding hydrogens is 897 g/mol. The van der Waals surface area contributed by atoms with Crippen molar-refractivity contribution >= 4 is 43.6 Å². The van der Waals surface area contributed by atoms with Crippen LogP contribution in [0.5, 0.6) is 0 Å². The summed E-state index contributed by atoms with van der Waals surface area (Å²) in [6.45, 7) is 0. The van der Waals surface area contributed by atoms with Gasteiger partial charge in [-0.2, -0.15) is 10.5 Å². The van der Waals surface area contributed by atoms with E-state index in [0.29, 0.717) is 22.5 Å². The van der Waals surface area contributed by atoms with E-state index in [1.54, 1.807) is 0 Å². The van der Waals surface area contributed by atoms with Gasteiger partial charge in [-0.25, -0.2) is 0 Å². The van der Waals surface area contributed by atoms with Crippen molar-refractivity contribution in [2.75, 3.05) is 0 Å². The van der Waals surface area contributed by atoms with Crippen LogP contribution in [0.2, 0.25) is 0 Å². The minimum Gasteiger partial charge on any atom is -0.307 e. The Morgan fingerprint density at radius 1 is 0.311 bits per heavy atom. The lowest BCUT2D eigenvalue weighted by atomic mass is 9.67. The second kappa shape index (κ2) is 15.7. The molecule has 0 saturated carbocycles. The smallest absolute Gasteiger partial charge is 0.104 e. The molecule has 74 heavy (non-hydrogen) atoms. The number of rotatable bonds is 6. The third-order valence-corrected chi connectivity index (χ3v) is 16.3. The van der Waals surface area contributed by atoms with E-state index < -0.39 is 10.8 Å². The lowest BCUT2D eigenvalue weighted by Crippen LogP contribution is -2.29. The molecule has 0 unspecified atom stereocenters. The van der Waals surface area contributed by atoms with E-state index in [1.807, 2.05) is 12.1 Å². The van der Waals surface area contributed by atoms with E-state index in [1.165, 1.54) is 22.3 Å². The summed E-state index contributed by atoms with van der Waals surface area (Å²) in [5, 5.41) is 27.8. The summed E-state index contributed by atoms with van der Waals surface area (Å²) in [6.07, 6.45) is 0. The van der Waals surface area contributed by atoms with Crippen molar-refractivity contribution in [1.29, 1.82) is 10.5 Å². The highest BCUT2D eigenvalue weighted by atomic mass is 15.0. The molecular formula is C70H42N4. The second-order valence-corrected chi connectivity index (χ2v) is 19.6. The van der Waals surface area contributed by atoms with Gasteiger partial charge < -0.3 is 9.13 Å². The number of nitrogens with zero attached hydrogens (tertiary/aromatic N) is 4. The first-order valence-corrected chi connectivity index (χ1v) is 25.2. The molecule has 0 radical (unpaired) electrons. The van der Waals surface area contributed by atoms with Gasteiger partial charge in [-0.1, -0.05) is 231 Å². The fourth-order valence-electron chi connectivity index (χ4n) is 13.6. The minimum absolute atomic E-state index is 0.451. The van der Waals surface area contributed by atoms with Gasteiger partial charge in [0, 0.05) is 32.7 Å². The third-order valence-electron chi connectivity index (χ3n) is 16.3. The van der Waals surface area contributed by atoms with E-state index in [4.69, 9.17) is 0 Å². The highest BCUT2D eigenvalue weighted by molar-refractivity contribution is 6.16. The second-order valence-electron chi connectivity index (χ2n) is 19.6. The van der Waals surface area contributed by atoms with Crippen molar-refractivity contribution in [3.63, 3.8) is 0 Å². The summed E-state index contributed by atoms with van der Waals surface area (Å²) in [7, 11) is 0. The van der Waals surface area contributed by atoms with Crippen LogP contribution < -0.4 is 0 Å². The maximum Gasteiger partial charge on any atom is 0.104 e. The van der Waals surface area contributed by atoms with Crippen LogP contribution in [0.4, 0.5) is 0 Å². The number of benzene rings is 11. The molecule has 0 N–H and O–H groups in total. The molecule has 342 valence electrons. The molecule has 0 fully saturated rings. The Morgan fingerprint density at radius 2 is 0.662 bits per heavy atom. The SMILES string of the molecule is N#Cc1cc(-n2c3ccccc3c3ccc4c(c32)C(c2ccccc2)(c2ccccc2)c2ccccc2-4)c(C#N)c(-n2c3ccccc3c3ccc4c(c32)C(c2ccccc2)(c2ccccc2)c2ccccc2-4)c1. The van der Waals surface area contributed by atoms with Gasteiger partial charge in [-0.05, 0) is 79.9 Å². The Bertz CT molecular complexity index is 4190. The maximum absolute atomic E-state index is 12.2. The molecule has 0 saturated heterocycles. The Balaban J connectivity index is 1.13. The Kier molecular flexibility index (Phi) is 8.89. The van der Waals surface area contributed by atoms with Crippen LogP contribution in [0.3, 0.4) is 0 Å². The molecule has 0 spiro atoms. The lowest BCUT2D eigenvalue weighted by molar-refractivity contribution is 0.771. The minimum atomic E-state index is -0.747. The molecule has 13 aromatic rings. The quantitative estimate of drug-likeness (QED) is 0.167. The van der Waals surface area contributed by atoms with Gasteiger partial charge in [-0.3, -0.25) is 0 Å². The van der Waals surface area contributed by atoms with Gasteiger partial charge in [0.15, 0.2) is 0 Å².